The Morgan fingerprint density at radius 2 is 2.00 bits per heavy atom. The van der Waals surface area contributed by atoms with Crippen molar-refractivity contribution in [3.05, 3.63) is 35.0 Å². The summed E-state index contributed by atoms with van der Waals surface area (Å²) in [6.07, 6.45) is 0. The molecule has 1 N–H and O–H groups in total. The number of anilines is 1. The molecule has 24 heavy (non-hydrogen) atoms. The molecule has 2 heterocycles. The van der Waals surface area contributed by atoms with Gasteiger partial charge in [0, 0.05) is 29.7 Å². The van der Waals surface area contributed by atoms with Gasteiger partial charge in [-0.25, -0.2) is 0 Å². The fraction of sp³-hybridized carbons (Fsp3) is 0.412. The van der Waals surface area contributed by atoms with Gasteiger partial charge in [0.25, 0.3) is 5.91 Å². The molecule has 3 rings (SSSR count). The number of hydrogen-bond donors (Lipinski definition) is 1. The lowest BCUT2D eigenvalue weighted by atomic mass is 10.2. The summed E-state index contributed by atoms with van der Waals surface area (Å²) in [6, 6.07) is 5.23. The molecule has 0 fully saturated rings. The van der Waals surface area contributed by atoms with Gasteiger partial charge in [-0.1, -0.05) is 0 Å². The molecule has 1 aromatic heterocycles. The fourth-order valence-corrected chi connectivity index (χ4v) is 3.70. The van der Waals surface area contributed by atoms with E-state index >= 15 is 0 Å². The van der Waals surface area contributed by atoms with Crippen LogP contribution in [-0.4, -0.2) is 28.9 Å². The van der Waals surface area contributed by atoms with Gasteiger partial charge in [-0.15, -0.1) is 0 Å². The first-order valence-electron chi connectivity index (χ1n) is 7.97. The van der Waals surface area contributed by atoms with Gasteiger partial charge < -0.3 is 14.8 Å². The van der Waals surface area contributed by atoms with Gasteiger partial charge >= 0.3 is 0 Å². The first-order chi connectivity index (χ1) is 11.6. The molecule has 2 aromatic rings. The number of fused-ring (bicyclic) bond motifs is 1. The number of aromatic nitrogens is 2. The first kappa shape index (κ1) is 16.7. The van der Waals surface area contributed by atoms with Crippen molar-refractivity contribution in [2.75, 3.05) is 18.5 Å². The normalized spacial score (nSPS) is 12.8. The van der Waals surface area contributed by atoms with Crippen molar-refractivity contribution in [3.8, 4) is 11.5 Å². The van der Waals surface area contributed by atoms with E-state index in [4.69, 9.17) is 9.47 Å². The molecule has 6 nitrogen and oxygen atoms in total. The molecule has 0 saturated carbocycles. The van der Waals surface area contributed by atoms with Crippen LogP contribution in [0.5, 0.6) is 11.5 Å². The van der Waals surface area contributed by atoms with E-state index in [9.17, 15) is 4.79 Å². The topological polar surface area (TPSA) is 65.4 Å². The number of aryl methyl sites for hydroxylation is 1. The van der Waals surface area contributed by atoms with Gasteiger partial charge in [0.1, 0.15) is 5.82 Å². The third-order valence-corrected chi connectivity index (χ3v) is 4.72. The highest BCUT2D eigenvalue weighted by Gasteiger charge is 2.23. The van der Waals surface area contributed by atoms with Gasteiger partial charge in [0.05, 0.1) is 18.9 Å². The molecular weight excluding hydrogens is 326 g/mol. The summed E-state index contributed by atoms with van der Waals surface area (Å²) < 4.78 is 12.9. The number of benzene rings is 1. The van der Waals surface area contributed by atoms with Crippen LogP contribution in [0.3, 0.4) is 0 Å². The molecule has 0 spiro atoms. The van der Waals surface area contributed by atoms with Gasteiger partial charge in [-0.05, 0) is 32.0 Å². The minimum atomic E-state index is -0.179. The number of carbonyl (C=O) groups is 1. The van der Waals surface area contributed by atoms with Crippen LogP contribution in [0, 0.1) is 0 Å². The average molecular weight is 347 g/mol. The van der Waals surface area contributed by atoms with Crippen molar-refractivity contribution >= 4 is 23.5 Å². The molecule has 7 heteroatoms. The second-order valence-electron chi connectivity index (χ2n) is 5.37. The number of hydrogen-bond acceptors (Lipinski definition) is 5. The Hall–Kier alpha value is -2.15. The van der Waals surface area contributed by atoms with E-state index in [1.807, 2.05) is 32.7 Å². The highest BCUT2D eigenvalue weighted by Crippen LogP contribution is 2.34. The van der Waals surface area contributed by atoms with Crippen molar-refractivity contribution in [1.82, 2.24) is 9.78 Å². The number of amides is 1. The summed E-state index contributed by atoms with van der Waals surface area (Å²) >= 11 is 1.81. The SMILES string of the molecule is CCOc1ccc(C(=O)Nc2c3c(nn2C)CSC3)cc1OCC. The molecular formula is C17H21N3O3S. The Morgan fingerprint density at radius 1 is 1.25 bits per heavy atom. The highest BCUT2D eigenvalue weighted by molar-refractivity contribution is 7.98. The molecule has 1 aliphatic rings. The molecule has 1 aliphatic heterocycles. The van der Waals surface area contributed by atoms with E-state index in [2.05, 4.69) is 10.4 Å². The standard InChI is InChI=1S/C17H21N3O3S/c1-4-22-14-7-6-11(8-15(14)23-5-2)17(21)18-16-12-9-24-10-13(12)19-20(16)3/h6-8H,4-5,9-10H2,1-3H3,(H,18,21). The average Bonchev–Trinajstić information content (AvgIpc) is 3.12. The van der Waals surface area contributed by atoms with Crippen LogP contribution >= 0.6 is 11.8 Å². The number of nitrogens with zero attached hydrogens (tertiary/aromatic N) is 2. The van der Waals surface area contributed by atoms with Crippen molar-refractivity contribution in [3.63, 3.8) is 0 Å². The summed E-state index contributed by atoms with van der Waals surface area (Å²) in [4.78, 5) is 12.6. The Bertz CT molecular complexity index is 758. The number of carbonyl (C=O) groups excluding carboxylic acids is 1. The third kappa shape index (κ3) is 3.21. The first-order valence-corrected chi connectivity index (χ1v) is 9.13. The zero-order chi connectivity index (χ0) is 17.1. The second kappa shape index (κ2) is 7.17. The monoisotopic (exact) mass is 347 g/mol. The molecule has 1 aromatic carbocycles. The van der Waals surface area contributed by atoms with Crippen LogP contribution < -0.4 is 14.8 Å². The van der Waals surface area contributed by atoms with Gasteiger partial charge in [0.15, 0.2) is 11.5 Å². The zero-order valence-electron chi connectivity index (χ0n) is 14.1. The largest absolute Gasteiger partial charge is 0.490 e. The Kier molecular flexibility index (Phi) is 4.99. The number of rotatable bonds is 6. The summed E-state index contributed by atoms with van der Waals surface area (Å²) in [7, 11) is 1.85. The molecule has 0 bridgehead atoms. The van der Waals surface area contributed by atoms with Crippen LogP contribution in [-0.2, 0) is 18.6 Å². The number of thioether (sulfide) groups is 1. The van der Waals surface area contributed by atoms with E-state index < -0.39 is 0 Å². The van der Waals surface area contributed by atoms with E-state index in [1.165, 1.54) is 0 Å². The van der Waals surface area contributed by atoms with Crippen molar-refractivity contribution in [2.24, 2.45) is 7.05 Å². The van der Waals surface area contributed by atoms with Crippen LogP contribution in [0.25, 0.3) is 0 Å². The van der Waals surface area contributed by atoms with Crippen molar-refractivity contribution in [1.29, 1.82) is 0 Å². The summed E-state index contributed by atoms with van der Waals surface area (Å²) in [6.45, 7) is 4.87. The van der Waals surface area contributed by atoms with Crippen LogP contribution in [0.15, 0.2) is 18.2 Å². The van der Waals surface area contributed by atoms with Crippen molar-refractivity contribution in [2.45, 2.75) is 25.4 Å². The summed E-state index contributed by atoms with van der Waals surface area (Å²) in [5.41, 5.74) is 2.70. The predicted octanol–water partition coefficient (Wildman–Crippen LogP) is 3.22. The predicted molar refractivity (Wildman–Crippen MR) is 94.9 cm³/mol. The second-order valence-corrected chi connectivity index (χ2v) is 6.36. The lowest BCUT2D eigenvalue weighted by molar-refractivity contribution is 0.102. The Labute approximate surface area is 145 Å². The van der Waals surface area contributed by atoms with E-state index in [-0.39, 0.29) is 5.91 Å². The molecule has 0 aliphatic carbocycles. The summed E-state index contributed by atoms with van der Waals surface area (Å²) in [5.74, 6) is 3.60. The Morgan fingerprint density at radius 3 is 2.75 bits per heavy atom. The summed E-state index contributed by atoms with van der Waals surface area (Å²) in [5, 5.41) is 7.44. The van der Waals surface area contributed by atoms with E-state index in [0.29, 0.717) is 30.3 Å². The van der Waals surface area contributed by atoms with Gasteiger partial charge in [0.2, 0.25) is 0 Å². The maximum absolute atomic E-state index is 12.6. The molecule has 0 unspecified atom stereocenters. The molecule has 0 radical (unpaired) electrons. The van der Waals surface area contributed by atoms with Gasteiger partial charge in [-0.3, -0.25) is 9.48 Å². The molecule has 1 amide bonds. The van der Waals surface area contributed by atoms with E-state index in [1.54, 1.807) is 22.9 Å². The van der Waals surface area contributed by atoms with Crippen LogP contribution in [0.2, 0.25) is 0 Å². The fourth-order valence-electron chi connectivity index (χ4n) is 2.67. The van der Waals surface area contributed by atoms with Gasteiger partial charge in [-0.2, -0.15) is 16.9 Å². The van der Waals surface area contributed by atoms with Crippen molar-refractivity contribution < 1.29 is 14.3 Å². The lowest BCUT2D eigenvalue weighted by Crippen LogP contribution is -2.16. The Balaban J connectivity index is 1.84. The van der Waals surface area contributed by atoms with Crippen LogP contribution in [0.1, 0.15) is 35.5 Å². The van der Waals surface area contributed by atoms with Crippen LogP contribution in [0.4, 0.5) is 5.82 Å². The highest BCUT2D eigenvalue weighted by atomic mass is 32.2. The maximum Gasteiger partial charge on any atom is 0.256 e. The minimum absolute atomic E-state index is 0.179. The molecule has 128 valence electrons. The van der Waals surface area contributed by atoms with E-state index in [0.717, 1.165) is 28.6 Å². The molecule has 0 atom stereocenters. The quantitative estimate of drug-likeness (QED) is 0.869. The lowest BCUT2D eigenvalue weighted by Gasteiger charge is -2.13. The number of ether oxygens (including phenoxy) is 2. The smallest absolute Gasteiger partial charge is 0.256 e. The maximum atomic E-state index is 12.6. The third-order valence-electron chi connectivity index (χ3n) is 3.75. The number of nitrogens with one attached hydrogen (secondary N) is 1. The zero-order valence-corrected chi connectivity index (χ0v) is 14.9. The minimum Gasteiger partial charge on any atom is -0.490 e. The molecule has 0 saturated heterocycles.